The van der Waals surface area contributed by atoms with Crippen LogP contribution in [0.4, 0.5) is 5.69 Å². The van der Waals surface area contributed by atoms with Crippen molar-refractivity contribution in [2.45, 2.75) is 51.1 Å². The Balaban J connectivity index is 1.60. The first-order chi connectivity index (χ1) is 19.4. The number of allylic oxidation sites excluding steroid dienone is 2. The van der Waals surface area contributed by atoms with E-state index in [9.17, 15) is 22.8 Å². The fourth-order valence-corrected chi connectivity index (χ4v) is 7.65. The van der Waals surface area contributed by atoms with Crippen LogP contribution in [-0.2, 0) is 21.4 Å². The van der Waals surface area contributed by atoms with Gasteiger partial charge in [-0.05, 0) is 71.9 Å². The van der Waals surface area contributed by atoms with Crippen LogP contribution < -0.4 is 15.8 Å². The molecule has 8 nitrogen and oxygen atoms in total. The number of ketones is 1. The molecule has 1 unspecified atom stereocenters. The Morgan fingerprint density at radius 2 is 1.61 bits per heavy atom. The quantitative estimate of drug-likeness (QED) is 0.351. The van der Waals surface area contributed by atoms with E-state index in [2.05, 4.69) is 4.72 Å². The summed E-state index contributed by atoms with van der Waals surface area (Å²) in [5.41, 5.74) is 1.37. The van der Waals surface area contributed by atoms with E-state index >= 15 is 0 Å². The number of hydrogen-bond donors (Lipinski definition) is 1. The van der Waals surface area contributed by atoms with Gasteiger partial charge in [-0.25, -0.2) is 17.8 Å². The lowest BCUT2D eigenvalue weighted by Gasteiger charge is -2.40. The number of anilines is 1. The highest BCUT2D eigenvalue weighted by Gasteiger charge is 2.42. The van der Waals surface area contributed by atoms with Crippen LogP contribution in [0, 0.1) is 12.3 Å². The average molecular weight is 590 g/mol. The van der Waals surface area contributed by atoms with Crippen molar-refractivity contribution < 1.29 is 13.2 Å². The third-order valence-electron chi connectivity index (χ3n) is 7.86. The van der Waals surface area contributed by atoms with Gasteiger partial charge in [0.15, 0.2) is 5.78 Å². The Hall–Kier alpha value is -3.95. The molecule has 1 N–H and O–H groups in total. The second-order valence-corrected chi connectivity index (χ2v) is 13.6. The second kappa shape index (κ2) is 9.56. The molecule has 0 radical (unpaired) electrons. The lowest BCUT2D eigenvalue weighted by molar-refractivity contribution is -0.118. The van der Waals surface area contributed by atoms with Gasteiger partial charge in [0.25, 0.3) is 21.1 Å². The molecule has 3 aromatic carbocycles. The molecule has 0 bridgehead atoms. The highest BCUT2D eigenvalue weighted by atomic mass is 35.5. The minimum Gasteiger partial charge on any atom is -0.294 e. The number of carbonyl (C=O) groups excluding carboxylic acids is 1. The standard InChI is InChI=1S/C31H28ClN3O5S/c1-18-11-12-19(13-26(18)41(39,40)33-22-8-6-7-21(32)14-22)28-27-20(15-31(2,3)16-25(27)36)17-34-29(37)23-9-4-5-10-24(23)30(38)35(28)34/h4-14,28,33H,15-17H2,1-3H3. The molecule has 6 rings (SSSR count). The van der Waals surface area contributed by atoms with E-state index in [1.54, 1.807) is 61.5 Å². The Morgan fingerprint density at radius 1 is 0.902 bits per heavy atom. The summed E-state index contributed by atoms with van der Waals surface area (Å²) >= 11 is 6.06. The van der Waals surface area contributed by atoms with Gasteiger partial charge < -0.3 is 0 Å². The summed E-state index contributed by atoms with van der Waals surface area (Å²) in [5, 5.41) is 0.925. The number of carbonyl (C=O) groups is 1. The molecule has 0 fully saturated rings. The molecular weight excluding hydrogens is 562 g/mol. The molecule has 1 aliphatic carbocycles. The number of Topliss-reactive ketones (excluding diaryl/α,β-unsaturated/α-hetero) is 1. The van der Waals surface area contributed by atoms with Crippen molar-refractivity contribution in [3.05, 3.63) is 115 Å². The summed E-state index contributed by atoms with van der Waals surface area (Å²) in [5.74, 6) is -0.109. The van der Waals surface area contributed by atoms with E-state index in [1.807, 2.05) is 13.8 Å². The molecule has 1 aromatic heterocycles. The molecule has 1 atom stereocenters. The van der Waals surface area contributed by atoms with Crippen molar-refractivity contribution in [2.75, 3.05) is 4.72 Å². The van der Waals surface area contributed by atoms with Gasteiger partial charge in [-0.1, -0.05) is 55.8 Å². The molecule has 41 heavy (non-hydrogen) atoms. The van der Waals surface area contributed by atoms with E-state index in [1.165, 1.54) is 21.5 Å². The van der Waals surface area contributed by atoms with Gasteiger partial charge in [-0.3, -0.25) is 19.1 Å². The smallest absolute Gasteiger partial charge is 0.274 e. The van der Waals surface area contributed by atoms with Crippen LogP contribution in [-0.4, -0.2) is 23.6 Å². The van der Waals surface area contributed by atoms with Gasteiger partial charge in [0.2, 0.25) is 0 Å². The normalized spacial score (nSPS) is 18.2. The molecule has 4 aromatic rings. The Morgan fingerprint density at radius 3 is 2.32 bits per heavy atom. The summed E-state index contributed by atoms with van der Waals surface area (Å²) in [6, 6.07) is 16.9. The number of nitrogens with one attached hydrogen (secondary N) is 1. The third kappa shape index (κ3) is 4.63. The molecule has 0 spiro atoms. The maximum absolute atomic E-state index is 14.0. The maximum atomic E-state index is 14.0. The third-order valence-corrected chi connectivity index (χ3v) is 9.61. The molecule has 0 amide bonds. The van der Waals surface area contributed by atoms with E-state index < -0.39 is 21.6 Å². The first kappa shape index (κ1) is 27.2. The molecule has 0 saturated carbocycles. The summed E-state index contributed by atoms with van der Waals surface area (Å²) in [6.07, 6.45) is 0.855. The van der Waals surface area contributed by atoms with Gasteiger partial charge in [0, 0.05) is 17.0 Å². The van der Waals surface area contributed by atoms with Crippen LogP contribution >= 0.6 is 11.6 Å². The predicted octanol–water partition coefficient (Wildman–Crippen LogP) is 5.21. The second-order valence-electron chi connectivity index (χ2n) is 11.6. The largest absolute Gasteiger partial charge is 0.294 e. The fraction of sp³-hybridized carbons (Fsp3) is 0.258. The van der Waals surface area contributed by atoms with Gasteiger partial charge in [-0.2, -0.15) is 0 Å². The zero-order valence-corrected chi connectivity index (χ0v) is 24.3. The van der Waals surface area contributed by atoms with Crippen molar-refractivity contribution in [3.8, 4) is 0 Å². The molecule has 210 valence electrons. The van der Waals surface area contributed by atoms with E-state index in [4.69, 9.17) is 11.6 Å². The SMILES string of the molecule is Cc1ccc(C2C3=C(Cn4c(=O)c5ccccc5c(=O)n42)CC(C)(C)CC3=O)cc1S(=O)(=O)Nc1cccc(Cl)c1. The number of aromatic nitrogens is 2. The van der Waals surface area contributed by atoms with Crippen LogP contribution in [0.1, 0.15) is 43.9 Å². The highest BCUT2D eigenvalue weighted by Crippen LogP contribution is 2.44. The summed E-state index contributed by atoms with van der Waals surface area (Å²) < 4.78 is 32.5. The van der Waals surface area contributed by atoms with E-state index in [0.29, 0.717) is 39.2 Å². The first-order valence-corrected chi connectivity index (χ1v) is 15.1. The van der Waals surface area contributed by atoms with Crippen LogP contribution in [0.2, 0.25) is 5.02 Å². The minimum atomic E-state index is -4.08. The number of sulfonamides is 1. The van der Waals surface area contributed by atoms with Gasteiger partial charge >= 0.3 is 0 Å². The number of halogens is 1. The number of nitrogens with zero attached hydrogens (tertiary/aromatic N) is 2. The number of hydrogen-bond acceptors (Lipinski definition) is 5. The molecule has 10 heteroatoms. The van der Waals surface area contributed by atoms with Crippen LogP contribution in [0.5, 0.6) is 0 Å². The summed E-state index contributed by atoms with van der Waals surface area (Å²) in [6.45, 7) is 5.81. The molecule has 2 aliphatic rings. The number of aryl methyl sites for hydroxylation is 1. The predicted molar refractivity (Wildman–Crippen MR) is 159 cm³/mol. The van der Waals surface area contributed by atoms with E-state index in [0.717, 1.165) is 5.57 Å². The van der Waals surface area contributed by atoms with Gasteiger partial charge in [0.05, 0.1) is 27.9 Å². The zero-order valence-electron chi connectivity index (χ0n) is 22.8. The number of rotatable bonds is 4. The Bertz CT molecular complexity index is 2040. The van der Waals surface area contributed by atoms with Gasteiger partial charge in [-0.15, -0.1) is 0 Å². The van der Waals surface area contributed by atoms with Crippen LogP contribution in [0.25, 0.3) is 10.8 Å². The summed E-state index contributed by atoms with van der Waals surface area (Å²) in [7, 11) is -4.08. The molecule has 1 aliphatic heterocycles. The molecular formula is C31H28ClN3O5S. The van der Waals surface area contributed by atoms with Crippen molar-refractivity contribution in [3.63, 3.8) is 0 Å². The lowest BCUT2D eigenvalue weighted by Crippen LogP contribution is -2.48. The van der Waals surface area contributed by atoms with Crippen molar-refractivity contribution in [1.82, 2.24) is 9.36 Å². The van der Waals surface area contributed by atoms with Crippen molar-refractivity contribution in [2.24, 2.45) is 5.41 Å². The van der Waals surface area contributed by atoms with Crippen molar-refractivity contribution in [1.29, 1.82) is 0 Å². The highest BCUT2D eigenvalue weighted by molar-refractivity contribution is 7.92. The monoisotopic (exact) mass is 589 g/mol. The number of fused-ring (bicyclic) bond motifs is 2. The first-order valence-electron chi connectivity index (χ1n) is 13.2. The van der Waals surface area contributed by atoms with Crippen molar-refractivity contribution >= 4 is 43.9 Å². The van der Waals surface area contributed by atoms with Crippen LogP contribution in [0.15, 0.2) is 92.4 Å². The zero-order chi connectivity index (χ0) is 29.3. The van der Waals surface area contributed by atoms with Gasteiger partial charge in [0.1, 0.15) is 6.04 Å². The average Bonchev–Trinajstić information content (AvgIpc) is 2.90. The maximum Gasteiger partial charge on any atom is 0.274 e. The molecule has 0 saturated heterocycles. The summed E-state index contributed by atoms with van der Waals surface area (Å²) in [4.78, 5) is 41.4. The Kier molecular flexibility index (Phi) is 6.35. The van der Waals surface area contributed by atoms with E-state index in [-0.39, 0.29) is 40.0 Å². The van der Waals surface area contributed by atoms with Crippen LogP contribution in [0.3, 0.4) is 0 Å². The fourth-order valence-electron chi connectivity index (χ4n) is 6.13. The lowest BCUT2D eigenvalue weighted by atomic mass is 9.71. The Labute approximate surface area is 241 Å². The molecule has 2 heterocycles. The topological polar surface area (TPSA) is 107 Å². The minimum absolute atomic E-state index is 0.00553. The number of benzene rings is 3.